The number of anilines is 1. The molecule has 0 unspecified atom stereocenters. The lowest BCUT2D eigenvalue weighted by molar-refractivity contribution is -0.114. The van der Waals surface area contributed by atoms with E-state index in [1.807, 2.05) is 36.4 Å². The number of benzene rings is 2. The van der Waals surface area contributed by atoms with Crippen LogP contribution in [0, 0.1) is 5.82 Å². The van der Waals surface area contributed by atoms with Crippen molar-refractivity contribution < 1.29 is 9.18 Å². The van der Waals surface area contributed by atoms with Crippen molar-refractivity contribution in [2.24, 2.45) is 4.99 Å². The minimum atomic E-state index is -0.145. The highest BCUT2D eigenvalue weighted by atomic mass is 19.1. The molecule has 0 atom stereocenters. The van der Waals surface area contributed by atoms with Gasteiger partial charge in [0, 0.05) is 38.2 Å². The summed E-state index contributed by atoms with van der Waals surface area (Å²) in [5.41, 5.74) is 2.42. The molecule has 5 nitrogen and oxygen atoms in total. The van der Waals surface area contributed by atoms with E-state index in [-0.39, 0.29) is 17.1 Å². The predicted molar refractivity (Wildman–Crippen MR) is 106 cm³/mol. The van der Waals surface area contributed by atoms with Crippen molar-refractivity contribution >= 4 is 17.6 Å². The van der Waals surface area contributed by atoms with Crippen molar-refractivity contribution in [1.29, 1.82) is 0 Å². The van der Waals surface area contributed by atoms with Crippen LogP contribution < -0.4 is 16.0 Å². The van der Waals surface area contributed by atoms with Gasteiger partial charge in [-0.05, 0) is 42.2 Å². The number of hydrogen-bond acceptors (Lipinski definition) is 2. The minimum Gasteiger partial charge on any atom is -0.356 e. The zero-order chi connectivity index (χ0) is 19.3. The Kier molecular flexibility index (Phi) is 5.74. The number of nitrogens with one attached hydrogen (secondary N) is 3. The average molecular weight is 368 g/mol. The van der Waals surface area contributed by atoms with Crippen LogP contribution in [-0.4, -0.2) is 25.5 Å². The van der Waals surface area contributed by atoms with Crippen molar-refractivity contribution in [3.05, 3.63) is 65.5 Å². The monoisotopic (exact) mass is 368 g/mol. The van der Waals surface area contributed by atoms with E-state index < -0.39 is 0 Å². The molecule has 142 valence electrons. The molecule has 6 heteroatoms. The number of carbonyl (C=O) groups excluding carboxylic acids is 1. The molecule has 0 bridgehead atoms. The van der Waals surface area contributed by atoms with Crippen LogP contribution in [0.1, 0.15) is 30.9 Å². The standard InChI is InChI=1S/C21H25FN4O/c1-15(27)26-17-7-5-6-16(12-17)13-24-20(23-2)25-14-21(10-11-21)18-8-3-4-9-19(18)22/h3-9,12H,10-11,13-14H2,1-2H3,(H,26,27)(H2,23,24,25). The maximum absolute atomic E-state index is 14.1. The molecule has 1 aliphatic carbocycles. The van der Waals surface area contributed by atoms with Crippen molar-refractivity contribution in [2.45, 2.75) is 31.7 Å². The second-order valence-corrected chi connectivity index (χ2v) is 6.92. The lowest BCUT2D eigenvalue weighted by Gasteiger charge is -2.19. The van der Waals surface area contributed by atoms with Crippen LogP contribution in [0.2, 0.25) is 0 Å². The molecule has 3 N–H and O–H groups in total. The Hall–Kier alpha value is -2.89. The highest BCUT2D eigenvalue weighted by Crippen LogP contribution is 2.48. The summed E-state index contributed by atoms with van der Waals surface area (Å²) in [5, 5.41) is 9.36. The van der Waals surface area contributed by atoms with Crippen molar-refractivity contribution in [3.63, 3.8) is 0 Å². The first-order valence-electron chi connectivity index (χ1n) is 9.08. The van der Waals surface area contributed by atoms with E-state index in [1.54, 1.807) is 13.1 Å². The fourth-order valence-corrected chi connectivity index (χ4v) is 3.21. The average Bonchev–Trinajstić information content (AvgIpc) is 3.43. The molecule has 0 heterocycles. The highest BCUT2D eigenvalue weighted by molar-refractivity contribution is 5.88. The van der Waals surface area contributed by atoms with Crippen molar-refractivity contribution in [3.8, 4) is 0 Å². The molecule has 2 aromatic carbocycles. The summed E-state index contributed by atoms with van der Waals surface area (Å²) in [6, 6.07) is 14.6. The summed E-state index contributed by atoms with van der Waals surface area (Å²) in [7, 11) is 1.71. The Morgan fingerprint density at radius 3 is 2.59 bits per heavy atom. The SMILES string of the molecule is CN=C(NCc1cccc(NC(C)=O)c1)NCC1(c2ccccc2F)CC1. The largest absolute Gasteiger partial charge is 0.356 e. The molecule has 0 saturated heterocycles. The third-order valence-electron chi connectivity index (χ3n) is 4.82. The first-order valence-corrected chi connectivity index (χ1v) is 9.08. The van der Waals surface area contributed by atoms with Gasteiger partial charge >= 0.3 is 0 Å². The van der Waals surface area contributed by atoms with Crippen molar-refractivity contribution in [1.82, 2.24) is 10.6 Å². The van der Waals surface area contributed by atoms with Gasteiger partial charge in [0.2, 0.25) is 5.91 Å². The van der Waals surface area contributed by atoms with Gasteiger partial charge < -0.3 is 16.0 Å². The molecular formula is C21H25FN4O. The molecular weight excluding hydrogens is 343 g/mol. The van der Waals surface area contributed by atoms with Crippen LogP contribution in [0.4, 0.5) is 10.1 Å². The second kappa shape index (κ2) is 8.20. The van der Waals surface area contributed by atoms with E-state index in [1.165, 1.54) is 13.0 Å². The lowest BCUT2D eigenvalue weighted by atomic mass is 9.95. The molecule has 1 aliphatic rings. The van der Waals surface area contributed by atoms with E-state index in [0.29, 0.717) is 19.0 Å². The van der Waals surface area contributed by atoms with Gasteiger partial charge in [0.25, 0.3) is 0 Å². The van der Waals surface area contributed by atoms with Crippen LogP contribution in [0.25, 0.3) is 0 Å². The van der Waals surface area contributed by atoms with E-state index in [4.69, 9.17) is 0 Å². The number of nitrogens with zero attached hydrogens (tertiary/aromatic N) is 1. The van der Waals surface area contributed by atoms with Gasteiger partial charge in [-0.25, -0.2) is 4.39 Å². The molecule has 2 aromatic rings. The molecule has 1 fully saturated rings. The Balaban J connectivity index is 1.56. The van der Waals surface area contributed by atoms with E-state index >= 15 is 0 Å². The number of aliphatic imine (C=N–C) groups is 1. The molecule has 0 aromatic heterocycles. The quantitative estimate of drug-likeness (QED) is 0.542. The molecule has 0 spiro atoms. The molecule has 1 saturated carbocycles. The maximum Gasteiger partial charge on any atom is 0.221 e. The summed E-state index contributed by atoms with van der Waals surface area (Å²) < 4.78 is 14.1. The number of amides is 1. The van der Waals surface area contributed by atoms with E-state index in [0.717, 1.165) is 29.7 Å². The Bertz CT molecular complexity index is 846. The maximum atomic E-state index is 14.1. The second-order valence-electron chi connectivity index (χ2n) is 6.92. The molecule has 27 heavy (non-hydrogen) atoms. The van der Waals surface area contributed by atoms with Gasteiger partial charge in [-0.2, -0.15) is 0 Å². The topological polar surface area (TPSA) is 65.5 Å². The van der Waals surface area contributed by atoms with Gasteiger partial charge in [-0.15, -0.1) is 0 Å². The van der Waals surface area contributed by atoms with Crippen LogP contribution in [0.15, 0.2) is 53.5 Å². The van der Waals surface area contributed by atoms with Gasteiger partial charge in [0.15, 0.2) is 5.96 Å². The van der Waals surface area contributed by atoms with Crippen LogP contribution in [-0.2, 0) is 16.8 Å². The smallest absolute Gasteiger partial charge is 0.221 e. The van der Waals surface area contributed by atoms with Gasteiger partial charge in [0.1, 0.15) is 5.82 Å². The Morgan fingerprint density at radius 2 is 1.93 bits per heavy atom. The normalized spacial score (nSPS) is 15.1. The Labute approximate surface area is 159 Å². The highest BCUT2D eigenvalue weighted by Gasteiger charge is 2.45. The van der Waals surface area contributed by atoms with Crippen LogP contribution in [0.3, 0.4) is 0 Å². The predicted octanol–water partition coefficient (Wildman–Crippen LogP) is 3.18. The number of halogens is 1. The fourth-order valence-electron chi connectivity index (χ4n) is 3.21. The minimum absolute atomic E-state index is 0.0968. The summed E-state index contributed by atoms with van der Waals surface area (Å²) in [6.45, 7) is 2.69. The number of hydrogen-bond donors (Lipinski definition) is 3. The lowest BCUT2D eigenvalue weighted by Crippen LogP contribution is -2.41. The molecule has 0 aliphatic heterocycles. The molecule has 1 amide bonds. The first kappa shape index (κ1) is 18.9. The van der Waals surface area contributed by atoms with Gasteiger partial charge in [-0.3, -0.25) is 9.79 Å². The molecule has 3 rings (SSSR count). The summed E-state index contributed by atoms with van der Waals surface area (Å²) >= 11 is 0. The third kappa shape index (κ3) is 4.84. The van der Waals surface area contributed by atoms with E-state index in [9.17, 15) is 9.18 Å². The number of guanidine groups is 1. The summed E-state index contributed by atoms with van der Waals surface area (Å²) in [6.07, 6.45) is 1.94. The van der Waals surface area contributed by atoms with Gasteiger partial charge in [0.05, 0.1) is 0 Å². The zero-order valence-corrected chi connectivity index (χ0v) is 15.7. The fraction of sp³-hybridized carbons (Fsp3) is 0.333. The van der Waals surface area contributed by atoms with Crippen LogP contribution >= 0.6 is 0 Å². The third-order valence-corrected chi connectivity index (χ3v) is 4.82. The number of carbonyl (C=O) groups is 1. The number of rotatable bonds is 6. The first-order chi connectivity index (χ1) is 13.0. The van der Waals surface area contributed by atoms with E-state index in [2.05, 4.69) is 20.9 Å². The Morgan fingerprint density at radius 1 is 1.15 bits per heavy atom. The summed E-state index contributed by atoms with van der Waals surface area (Å²) in [4.78, 5) is 15.4. The molecule has 0 radical (unpaired) electrons. The van der Waals surface area contributed by atoms with Crippen molar-refractivity contribution in [2.75, 3.05) is 18.9 Å². The summed E-state index contributed by atoms with van der Waals surface area (Å²) in [5.74, 6) is 0.428. The van der Waals surface area contributed by atoms with Crippen LogP contribution in [0.5, 0.6) is 0 Å². The zero-order valence-electron chi connectivity index (χ0n) is 15.7. The van der Waals surface area contributed by atoms with Gasteiger partial charge in [-0.1, -0.05) is 30.3 Å².